The molecule has 1 aliphatic rings. The molecule has 0 aliphatic carbocycles. The van der Waals surface area contributed by atoms with Crippen LogP contribution < -0.4 is 5.32 Å². The minimum absolute atomic E-state index is 0.0123. The van der Waals surface area contributed by atoms with Crippen LogP contribution in [0.15, 0.2) is 72.9 Å². The van der Waals surface area contributed by atoms with Crippen LogP contribution in [0.25, 0.3) is 0 Å². The number of hydrogen-bond donors (Lipinski definition) is 6. The third-order valence-corrected chi connectivity index (χ3v) is 12.8. The van der Waals surface area contributed by atoms with Crippen molar-refractivity contribution in [3.8, 4) is 0 Å². The maximum atomic E-state index is 13.4. The zero-order valence-corrected chi connectivity index (χ0v) is 44.4. The van der Waals surface area contributed by atoms with E-state index in [1.54, 1.807) is 6.08 Å². The Labute approximate surface area is 426 Å². The van der Waals surface area contributed by atoms with Gasteiger partial charge in [0, 0.05) is 6.42 Å². The molecule has 1 aliphatic heterocycles. The molecule has 70 heavy (non-hydrogen) atoms. The lowest BCUT2D eigenvalue weighted by molar-refractivity contribution is -0.305. The molecule has 1 heterocycles. The summed E-state index contributed by atoms with van der Waals surface area (Å²) in [5.41, 5.74) is 0. The van der Waals surface area contributed by atoms with Gasteiger partial charge in [-0.05, 0) is 83.5 Å². The van der Waals surface area contributed by atoms with Crippen LogP contribution >= 0.6 is 0 Å². The van der Waals surface area contributed by atoms with Gasteiger partial charge in [-0.1, -0.05) is 209 Å². The summed E-state index contributed by atoms with van der Waals surface area (Å²) in [6.45, 7) is 5.68. The van der Waals surface area contributed by atoms with Crippen molar-refractivity contribution in [2.45, 2.75) is 275 Å². The molecule has 0 spiro atoms. The number of nitrogens with one attached hydrogen (secondary N) is 1. The average molecular weight is 986 g/mol. The van der Waals surface area contributed by atoms with Crippen LogP contribution in [0.2, 0.25) is 0 Å². The largest absolute Gasteiger partial charge is 0.454 e. The topological polar surface area (TPSA) is 175 Å². The molecule has 404 valence electrons. The lowest BCUT2D eigenvalue weighted by Crippen LogP contribution is -2.61. The van der Waals surface area contributed by atoms with Gasteiger partial charge >= 0.3 is 5.97 Å². The van der Waals surface area contributed by atoms with Crippen molar-refractivity contribution in [2.24, 2.45) is 0 Å². The highest BCUT2D eigenvalue weighted by Gasteiger charge is 2.47. The summed E-state index contributed by atoms with van der Waals surface area (Å²) >= 11 is 0. The second-order valence-electron chi connectivity index (χ2n) is 19.3. The van der Waals surface area contributed by atoms with Crippen molar-refractivity contribution < 1.29 is 49.3 Å². The van der Waals surface area contributed by atoms with Gasteiger partial charge in [0.2, 0.25) is 5.91 Å². The Balaban J connectivity index is 2.80. The molecule has 11 heteroatoms. The Morgan fingerprint density at radius 2 is 0.986 bits per heavy atom. The molecule has 0 radical (unpaired) electrons. The summed E-state index contributed by atoms with van der Waals surface area (Å²) in [6.07, 6.45) is 48.2. The SMILES string of the molecule is CCCCC/C=C\C/C=C\C/C=C\CCCCCC(O)C(=O)NC(COC1OC(CO)C(O)C(O)C1OC(=O)CC/C=C/C/C=C\CCCCCCCC)C(O)/C=C/CCCCCCCCCCCC. The molecule has 0 aromatic rings. The molecule has 11 nitrogen and oxygen atoms in total. The Hall–Kier alpha value is -2.90. The molecule has 0 bridgehead atoms. The fraction of sp³-hybridized carbons (Fsp3) is 0.763. The van der Waals surface area contributed by atoms with Crippen LogP contribution in [-0.4, -0.2) is 99.6 Å². The monoisotopic (exact) mass is 986 g/mol. The van der Waals surface area contributed by atoms with Crippen LogP contribution in [0.1, 0.15) is 226 Å². The van der Waals surface area contributed by atoms with E-state index >= 15 is 0 Å². The Morgan fingerprint density at radius 1 is 0.557 bits per heavy atom. The normalized spacial score (nSPS) is 20.3. The fourth-order valence-electron chi connectivity index (χ4n) is 8.30. The summed E-state index contributed by atoms with van der Waals surface area (Å²) in [7, 11) is 0. The molecule has 1 rings (SSSR count). The number of amides is 1. The van der Waals surface area contributed by atoms with Gasteiger partial charge in [-0.3, -0.25) is 9.59 Å². The molecule has 1 saturated heterocycles. The Morgan fingerprint density at radius 3 is 1.50 bits per heavy atom. The molecule has 1 amide bonds. The number of unbranched alkanes of at least 4 members (excludes halogenated alkanes) is 22. The molecule has 1 fully saturated rings. The second kappa shape index (κ2) is 47.1. The predicted molar refractivity (Wildman–Crippen MR) is 287 cm³/mol. The standard InChI is InChI=1S/C59H103NO10/c1-4-7-10-13-16-19-22-25-26-27-29-31-34-37-40-43-46-52(63)58(67)60-50(51(62)45-42-39-36-33-30-24-21-18-15-12-9-6-3)49-68-59-57(56(66)55(65)53(48-61)69-59)70-54(64)47-44-41-38-35-32-28-23-20-17-14-11-8-5-2/h16,19,25-26,28-29,31-32,38,41-42,45,50-53,55-57,59,61-63,65-66H,4-15,17-18,20-24,27,30,33-37,39-40,43-44,46-49H2,1-3H3,(H,60,67)/b19-16-,26-25-,31-29-,32-28-,41-38+,45-42+. The zero-order chi connectivity index (χ0) is 51.1. The van der Waals surface area contributed by atoms with E-state index in [4.69, 9.17) is 14.2 Å². The number of allylic oxidation sites excluding steroid dienone is 11. The van der Waals surface area contributed by atoms with E-state index in [0.717, 1.165) is 77.0 Å². The van der Waals surface area contributed by atoms with E-state index in [0.29, 0.717) is 12.8 Å². The maximum absolute atomic E-state index is 13.4. The van der Waals surface area contributed by atoms with Crippen molar-refractivity contribution in [2.75, 3.05) is 13.2 Å². The van der Waals surface area contributed by atoms with Gasteiger partial charge in [0.05, 0.1) is 25.4 Å². The first-order chi connectivity index (χ1) is 34.2. The minimum atomic E-state index is -1.64. The van der Waals surface area contributed by atoms with E-state index in [1.165, 1.54) is 103 Å². The van der Waals surface area contributed by atoms with Crippen LogP contribution in [0.5, 0.6) is 0 Å². The summed E-state index contributed by atoms with van der Waals surface area (Å²) in [5.74, 6) is -1.29. The second-order valence-corrected chi connectivity index (χ2v) is 19.3. The highest BCUT2D eigenvalue weighted by molar-refractivity contribution is 5.80. The van der Waals surface area contributed by atoms with E-state index in [2.05, 4.69) is 74.7 Å². The van der Waals surface area contributed by atoms with Crippen LogP contribution in [0.4, 0.5) is 0 Å². The van der Waals surface area contributed by atoms with Crippen LogP contribution in [0.3, 0.4) is 0 Å². The van der Waals surface area contributed by atoms with Crippen molar-refractivity contribution in [3.05, 3.63) is 72.9 Å². The Bertz CT molecular complexity index is 1410. The number of hydrogen-bond acceptors (Lipinski definition) is 10. The first-order valence-corrected chi connectivity index (χ1v) is 28.2. The van der Waals surface area contributed by atoms with Gasteiger partial charge in [0.15, 0.2) is 12.4 Å². The fourth-order valence-corrected chi connectivity index (χ4v) is 8.30. The molecular weight excluding hydrogens is 883 g/mol. The van der Waals surface area contributed by atoms with Gasteiger partial charge in [-0.25, -0.2) is 0 Å². The molecule has 0 aromatic heterocycles. The number of esters is 1. The number of aliphatic hydroxyl groups is 5. The zero-order valence-electron chi connectivity index (χ0n) is 44.4. The summed E-state index contributed by atoms with van der Waals surface area (Å²) in [5, 5.41) is 56.7. The molecule has 0 aromatic carbocycles. The van der Waals surface area contributed by atoms with E-state index in [9.17, 15) is 35.1 Å². The highest BCUT2D eigenvalue weighted by atomic mass is 16.7. The predicted octanol–water partition coefficient (Wildman–Crippen LogP) is 12.4. The first kappa shape index (κ1) is 65.1. The van der Waals surface area contributed by atoms with Gasteiger partial charge in [0.1, 0.15) is 24.4 Å². The van der Waals surface area contributed by atoms with Gasteiger partial charge in [0.25, 0.3) is 0 Å². The quantitative estimate of drug-likeness (QED) is 0.0196. The van der Waals surface area contributed by atoms with Crippen molar-refractivity contribution in [1.82, 2.24) is 5.32 Å². The number of rotatable bonds is 46. The third kappa shape index (κ3) is 35.3. The maximum Gasteiger partial charge on any atom is 0.306 e. The van der Waals surface area contributed by atoms with Crippen molar-refractivity contribution in [1.29, 1.82) is 0 Å². The van der Waals surface area contributed by atoms with Crippen molar-refractivity contribution in [3.63, 3.8) is 0 Å². The molecule has 8 atom stereocenters. The molecule has 0 saturated carbocycles. The third-order valence-electron chi connectivity index (χ3n) is 12.8. The number of carbonyl (C=O) groups excluding carboxylic acids is 2. The van der Waals surface area contributed by atoms with Crippen LogP contribution in [-0.2, 0) is 23.8 Å². The summed E-state index contributed by atoms with van der Waals surface area (Å²) in [4.78, 5) is 26.4. The average Bonchev–Trinajstić information content (AvgIpc) is 3.36. The summed E-state index contributed by atoms with van der Waals surface area (Å²) < 4.78 is 17.5. The van der Waals surface area contributed by atoms with E-state index < -0.39 is 67.4 Å². The van der Waals surface area contributed by atoms with Gasteiger partial charge < -0.3 is 45.1 Å². The molecular formula is C59H103NO10. The number of aliphatic hydroxyl groups excluding tert-OH is 5. The summed E-state index contributed by atoms with van der Waals surface area (Å²) in [6, 6.07) is -1.05. The minimum Gasteiger partial charge on any atom is -0.454 e. The van der Waals surface area contributed by atoms with E-state index in [-0.39, 0.29) is 19.4 Å². The highest BCUT2D eigenvalue weighted by Crippen LogP contribution is 2.26. The number of carbonyl (C=O) groups is 2. The smallest absolute Gasteiger partial charge is 0.306 e. The van der Waals surface area contributed by atoms with Crippen LogP contribution in [0, 0.1) is 0 Å². The lowest BCUT2D eigenvalue weighted by Gasteiger charge is -2.41. The lowest BCUT2D eigenvalue weighted by atomic mass is 9.99. The van der Waals surface area contributed by atoms with Crippen molar-refractivity contribution >= 4 is 11.9 Å². The first-order valence-electron chi connectivity index (χ1n) is 28.2. The Kier molecular flexibility index (Phi) is 43.8. The molecule has 8 unspecified atom stereocenters. The number of ether oxygens (including phenoxy) is 3. The van der Waals surface area contributed by atoms with Gasteiger partial charge in [-0.2, -0.15) is 0 Å². The molecule has 6 N–H and O–H groups in total. The van der Waals surface area contributed by atoms with E-state index in [1.807, 2.05) is 18.2 Å². The van der Waals surface area contributed by atoms with Gasteiger partial charge in [-0.15, -0.1) is 0 Å².